The molecule has 1 amide bonds. The lowest BCUT2D eigenvalue weighted by Gasteiger charge is -2.00. The minimum Gasteiger partial charge on any atom is -0.351 e. The third-order valence-electron chi connectivity index (χ3n) is 2.74. The maximum Gasteiger partial charge on any atom is 0.262 e. The summed E-state index contributed by atoms with van der Waals surface area (Å²) >= 11 is 1.49. The summed E-state index contributed by atoms with van der Waals surface area (Å²) in [5.74, 6) is -0.353. The largest absolute Gasteiger partial charge is 0.351 e. The summed E-state index contributed by atoms with van der Waals surface area (Å²) in [7, 11) is 0. The van der Waals surface area contributed by atoms with Crippen LogP contribution in [0, 0.1) is 11.3 Å². The maximum atomic E-state index is 11.8. The van der Waals surface area contributed by atoms with E-state index in [0.717, 1.165) is 17.0 Å². The van der Waals surface area contributed by atoms with Crippen molar-refractivity contribution in [3.63, 3.8) is 0 Å². The molecule has 2 rings (SSSR count). The number of rotatable bonds is 5. The van der Waals surface area contributed by atoms with Crippen LogP contribution in [0.2, 0.25) is 0 Å². The predicted molar refractivity (Wildman–Crippen MR) is 84.4 cm³/mol. The Kier molecular flexibility index (Phi) is 5.24. The predicted octanol–water partition coefficient (Wildman–Crippen LogP) is 3.24. The van der Waals surface area contributed by atoms with Gasteiger partial charge in [-0.05, 0) is 12.5 Å². The highest BCUT2D eigenvalue weighted by atomic mass is 32.1. The van der Waals surface area contributed by atoms with E-state index >= 15 is 0 Å². The monoisotopic (exact) mass is 297 g/mol. The Morgan fingerprint density at radius 1 is 1.43 bits per heavy atom. The number of nitrogens with one attached hydrogen (secondary N) is 1. The fourth-order valence-corrected chi connectivity index (χ4v) is 2.48. The van der Waals surface area contributed by atoms with Crippen LogP contribution in [0.4, 0.5) is 0 Å². The van der Waals surface area contributed by atoms with E-state index < -0.39 is 0 Å². The van der Waals surface area contributed by atoms with Gasteiger partial charge in [-0.15, -0.1) is 11.3 Å². The summed E-state index contributed by atoms with van der Waals surface area (Å²) in [5, 5.41) is 14.5. The van der Waals surface area contributed by atoms with Gasteiger partial charge >= 0.3 is 0 Å². The summed E-state index contributed by atoms with van der Waals surface area (Å²) in [6, 6.07) is 11.7. The number of hydrogen-bond donors (Lipinski definition) is 1. The van der Waals surface area contributed by atoms with Gasteiger partial charge in [-0.3, -0.25) is 4.79 Å². The molecule has 0 atom stereocenters. The topological polar surface area (TPSA) is 65.8 Å². The molecule has 5 heteroatoms. The van der Waals surface area contributed by atoms with Crippen LogP contribution in [0.1, 0.15) is 19.0 Å². The van der Waals surface area contributed by atoms with Crippen LogP contribution in [-0.4, -0.2) is 17.4 Å². The third kappa shape index (κ3) is 4.01. The normalized spacial score (nSPS) is 11.0. The Bertz CT molecular complexity index is 683. The molecule has 0 aliphatic heterocycles. The first-order chi connectivity index (χ1) is 10.2. The van der Waals surface area contributed by atoms with Crippen molar-refractivity contribution in [1.29, 1.82) is 5.26 Å². The van der Waals surface area contributed by atoms with Crippen LogP contribution >= 0.6 is 11.3 Å². The second-order valence-corrected chi connectivity index (χ2v) is 5.23. The molecule has 1 heterocycles. The van der Waals surface area contributed by atoms with E-state index in [1.54, 1.807) is 0 Å². The second-order valence-electron chi connectivity index (χ2n) is 4.37. The van der Waals surface area contributed by atoms with Crippen molar-refractivity contribution in [2.24, 2.45) is 0 Å². The van der Waals surface area contributed by atoms with Gasteiger partial charge in [0.15, 0.2) is 0 Å². The molecule has 0 unspecified atom stereocenters. The molecule has 106 valence electrons. The zero-order valence-corrected chi connectivity index (χ0v) is 12.5. The van der Waals surface area contributed by atoms with Crippen molar-refractivity contribution < 1.29 is 4.79 Å². The number of hydrogen-bond acceptors (Lipinski definition) is 4. The highest BCUT2D eigenvalue weighted by Crippen LogP contribution is 2.24. The van der Waals surface area contributed by atoms with Gasteiger partial charge in [-0.1, -0.05) is 37.3 Å². The number of carbonyl (C=O) groups excluding carboxylic acids is 1. The average Bonchev–Trinajstić information content (AvgIpc) is 2.99. The summed E-state index contributed by atoms with van der Waals surface area (Å²) < 4.78 is 0. The molecule has 1 N–H and O–H groups in total. The Balaban J connectivity index is 2.19. The van der Waals surface area contributed by atoms with E-state index in [1.165, 1.54) is 17.4 Å². The van der Waals surface area contributed by atoms with Gasteiger partial charge in [-0.2, -0.15) is 5.26 Å². The Morgan fingerprint density at radius 3 is 2.86 bits per heavy atom. The number of thiazole rings is 1. The van der Waals surface area contributed by atoms with Crippen LogP contribution < -0.4 is 5.32 Å². The molecule has 0 aliphatic carbocycles. The molecule has 0 aliphatic rings. The molecule has 0 fully saturated rings. The second kappa shape index (κ2) is 7.36. The molecule has 1 aromatic heterocycles. The number of benzene rings is 1. The van der Waals surface area contributed by atoms with Gasteiger partial charge in [-0.25, -0.2) is 4.98 Å². The fraction of sp³-hybridized carbons (Fsp3) is 0.188. The molecular formula is C16H15N3OS. The molecule has 1 aromatic carbocycles. The van der Waals surface area contributed by atoms with Crippen molar-refractivity contribution in [2.75, 3.05) is 6.54 Å². The van der Waals surface area contributed by atoms with Gasteiger partial charge in [0, 0.05) is 17.5 Å². The standard InChI is InChI=1S/C16H15N3OS/c1-2-8-18-15(20)13(10-17)9-14-11-21-16(19-14)12-6-4-3-5-7-12/h3-7,9,11H,2,8H2,1H3,(H,18,20)/b13-9+. The van der Waals surface area contributed by atoms with E-state index in [1.807, 2.05) is 48.7 Å². The van der Waals surface area contributed by atoms with Crippen molar-refractivity contribution in [3.8, 4) is 16.6 Å². The van der Waals surface area contributed by atoms with Gasteiger partial charge in [0.2, 0.25) is 0 Å². The minimum absolute atomic E-state index is 0.0772. The lowest BCUT2D eigenvalue weighted by Crippen LogP contribution is -2.25. The highest BCUT2D eigenvalue weighted by molar-refractivity contribution is 7.13. The van der Waals surface area contributed by atoms with E-state index in [0.29, 0.717) is 12.2 Å². The molecule has 21 heavy (non-hydrogen) atoms. The molecular weight excluding hydrogens is 282 g/mol. The zero-order chi connectivity index (χ0) is 15.1. The highest BCUT2D eigenvalue weighted by Gasteiger charge is 2.09. The average molecular weight is 297 g/mol. The van der Waals surface area contributed by atoms with Crippen molar-refractivity contribution >= 4 is 23.3 Å². The first-order valence-corrected chi connectivity index (χ1v) is 7.53. The van der Waals surface area contributed by atoms with Gasteiger partial charge in [0.1, 0.15) is 16.6 Å². The number of aromatic nitrogens is 1. The summed E-state index contributed by atoms with van der Waals surface area (Å²) in [4.78, 5) is 16.2. The molecule has 0 bridgehead atoms. The number of carbonyl (C=O) groups is 1. The smallest absolute Gasteiger partial charge is 0.262 e. The van der Waals surface area contributed by atoms with Crippen LogP contribution in [0.3, 0.4) is 0 Å². The quantitative estimate of drug-likeness (QED) is 0.680. The molecule has 2 aromatic rings. The van der Waals surface area contributed by atoms with Crippen molar-refractivity contribution in [3.05, 3.63) is 47.0 Å². The molecule has 4 nitrogen and oxygen atoms in total. The first-order valence-electron chi connectivity index (χ1n) is 6.65. The van der Waals surface area contributed by atoms with Gasteiger partial charge in [0.05, 0.1) is 5.69 Å². The van der Waals surface area contributed by atoms with Crippen molar-refractivity contribution in [1.82, 2.24) is 10.3 Å². The van der Waals surface area contributed by atoms with Crippen LogP contribution in [0.15, 0.2) is 41.3 Å². The molecule has 0 radical (unpaired) electrons. The van der Waals surface area contributed by atoms with Crippen LogP contribution in [0.25, 0.3) is 16.6 Å². The summed E-state index contributed by atoms with van der Waals surface area (Å²) in [6.45, 7) is 2.52. The molecule has 0 saturated heterocycles. The van der Waals surface area contributed by atoms with E-state index in [-0.39, 0.29) is 11.5 Å². The first kappa shape index (κ1) is 14.9. The zero-order valence-electron chi connectivity index (χ0n) is 11.7. The number of nitriles is 1. The Labute approximate surface area is 127 Å². The Hall–Kier alpha value is -2.45. The number of amides is 1. The minimum atomic E-state index is -0.353. The lowest BCUT2D eigenvalue weighted by molar-refractivity contribution is -0.117. The van der Waals surface area contributed by atoms with Gasteiger partial charge in [0.25, 0.3) is 5.91 Å². The molecule has 0 spiro atoms. The summed E-state index contributed by atoms with van der Waals surface area (Å²) in [5.41, 5.74) is 1.73. The SMILES string of the molecule is CCCNC(=O)/C(C#N)=C/c1csc(-c2ccccc2)n1. The van der Waals surface area contributed by atoms with Crippen molar-refractivity contribution in [2.45, 2.75) is 13.3 Å². The lowest BCUT2D eigenvalue weighted by atomic mass is 10.2. The van der Waals surface area contributed by atoms with Gasteiger partial charge < -0.3 is 5.32 Å². The summed E-state index contributed by atoms with van der Waals surface area (Å²) in [6.07, 6.45) is 2.35. The van der Waals surface area contributed by atoms with E-state index in [2.05, 4.69) is 10.3 Å². The van der Waals surface area contributed by atoms with Crippen LogP contribution in [-0.2, 0) is 4.79 Å². The third-order valence-corrected chi connectivity index (χ3v) is 3.65. The molecule has 0 saturated carbocycles. The van der Waals surface area contributed by atoms with Crippen LogP contribution in [0.5, 0.6) is 0 Å². The van der Waals surface area contributed by atoms with E-state index in [9.17, 15) is 4.79 Å². The van der Waals surface area contributed by atoms with E-state index in [4.69, 9.17) is 5.26 Å². The number of nitrogens with zero attached hydrogens (tertiary/aromatic N) is 2. The fourth-order valence-electron chi connectivity index (χ4n) is 1.70. The Morgan fingerprint density at radius 2 is 2.19 bits per heavy atom. The maximum absolute atomic E-state index is 11.8.